The monoisotopic (exact) mass is 788 g/mol. The van der Waals surface area contributed by atoms with Crippen molar-refractivity contribution in [2.45, 2.75) is 193 Å². The Labute approximate surface area is 331 Å². The number of aliphatic hydroxyl groups is 1. The summed E-state index contributed by atoms with van der Waals surface area (Å²) in [4.78, 5) is 37.5. The first-order chi connectivity index (χ1) is 25.9. The molecule has 0 aliphatic rings. The first kappa shape index (κ1) is 52.5. The fourth-order valence-electron chi connectivity index (χ4n) is 5.85. The second-order valence-electron chi connectivity index (χ2n) is 15.9. The third-order valence-electron chi connectivity index (χ3n) is 9.33. The van der Waals surface area contributed by atoms with Gasteiger partial charge in [0.15, 0.2) is 6.10 Å². The van der Waals surface area contributed by atoms with E-state index >= 15 is 0 Å². The van der Waals surface area contributed by atoms with Crippen LogP contribution in [-0.2, 0) is 32.7 Å². The molecule has 0 bridgehead atoms. The van der Waals surface area contributed by atoms with Crippen molar-refractivity contribution in [2.24, 2.45) is 0 Å². The number of rotatable bonds is 39. The minimum absolute atomic E-state index is 0.0465. The lowest BCUT2D eigenvalue weighted by molar-refractivity contribution is -0.870. The van der Waals surface area contributed by atoms with Gasteiger partial charge in [0.05, 0.1) is 33.9 Å². The molecule has 3 atom stereocenters. The number of esters is 2. The van der Waals surface area contributed by atoms with Crippen LogP contribution in [0.3, 0.4) is 0 Å². The van der Waals surface area contributed by atoms with E-state index in [2.05, 4.69) is 19.9 Å². The molecular formula is C43H82NO9P. The Balaban J connectivity index is 4.45. The number of hydrogen-bond acceptors (Lipinski definition) is 9. The molecule has 0 spiro atoms. The van der Waals surface area contributed by atoms with Crippen LogP contribution in [0.15, 0.2) is 24.3 Å². The predicted molar refractivity (Wildman–Crippen MR) is 219 cm³/mol. The Morgan fingerprint density at radius 3 is 1.72 bits per heavy atom. The van der Waals surface area contributed by atoms with E-state index in [1.807, 2.05) is 39.4 Å². The summed E-state index contributed by atoms with van der Waals surface area (Å²) >= 11 is 0. The van der Waals surface area contributed by atoms with Gasteiger partial charge in [-0.05, 0) is 32.1 Å². The molecule has 0 fully saturated rings. The molecule has 0 aromatic carbocycles. The molecule has 0 aromatic heterocycles. The van der Waals surface area contributed by atoms with Crippen LogP contribution in [0.4, 0.5) is 0 Å². The van der Waals surface area contributed by atoms with Gasteiger partial charge in [-0.1, -0.05) is 160 Å². The summed E-state index contributed by atoms with van der Waals surface area (Å²) in [5.41, 5.74) is 0. The Morgan fingerprint density at radius 1 is 0.667 bits per heavy atom. The average Bonchev–Trinajstić information content (AvgIpc) is 3.11. The van der Waals surface area contributed by atoms with E-state index in [9.17, 15) is 24.2 Å². The number of aliphatic hydroxyl groups excluding tert-OH is 1. The van der Waals surface area contributed by atoms with Gasteiger partial charge in [0, 0.05) is 12.8 Å². The van der Waals surface area contributed by atoms with E-state index in [4.69, 9.17) is 18.5 Å². The van der Waals surface area contributed by atoms with Gasteiger partial charge in [-0.15, -0.1) is 0 Å². The number of carbonyl (C=O) groups excluding carboxylic acids is 2. The number of phosphoric acid groups is 1. The molecule has 0 aliphatic heterocycles. The molecule has 0 rings (SSSR count). The number of nitrogens with zero attached hydrogens (tertiary/aromatic N) is 1. The predicted octanol–water partition coefficient (Wildman–Crippen LogP) is 10.3. The fourth-order valence-corrected chi connectivity index (χ4v) is 6.58. The zero-order valence-corrected chi connectivity index (χ0v) is 36.2. The Hall–Kier alpha value is -1.55. The van der Waals surface area contributed by atoms with Crippen LogP contribution in [0.25, 0.3) is 0 Å². The molecule has 1 N–H and O–H groups in total. The van der Waals surface area contributed by atoms with Crippen molar-refractivity contribution >= 4 is 19.8 Å². The van der Waals surface area contributed by atoms with Crippen LogP contribution in [0.1, 0.15) is 181 Å². The number of unbranched alkanes of at least 4 members (excludes halogenated alkanes) is 20. The van der Waals surface area contributed by atoms with Crippen LogP contribution in [0.2, 0.25) is 0 Å². The normalized spacial score (nSPS) is 14.4. The molecule has 0 heterocycles. The minimum Gasteiger partial charge on any atom is -0.756 e. The molecule has 0 saturated carbocycles. The highest BCUT2D eigenvalue weighted by molar-refractivity contribution is 7.45. The molecule has 11 heteroatoms. The zero-order chi connectivity index (χ0) is 40.2. The van der Waals surface area contributed by atoms with Gasteiger partial charge in [0.1, 0.15) is 19.8 Å². The van der Waals surface area contributed by atoms with Crippen molar-refractivity contribution in [1.29, 1.82) is 0 Å². The summed E-state index contributed by atoms with van der Waals surface area (Å²) < 4.78 is 33.8. The number of hydrogen-bond donors (Lipinski definition) is 1. The SMILES string of the molecule is CCCCC/C=C\C=C\C(O)CCCCCCCC(=O)OC(COC(=O)CCCCCCCCCCCCCCCC)COP(=O)([O-])OCC[N+](C)(C)C. The van der Waals surface area contributed by atoms with Crippen molar-refractivity contribution in [3.05, 3.63) is 24.3 Å². The Kier molecular flexibility index (Phi) is 34.8. The summed E-state index contributed by atoms with van der Waals surface area (Å²) in [6, 6.07) is 0. The highest BCUT2D eigenvalue weighted by atomic mass is 31.2. The number of allylic oxidation sites excluding steroid dienone is 3. The standard InChI is InChI=1S/C43H82NO9P/c1-6-8-10-12-14-15-16-17-18-19-20-22-26-30-34-42(46)50-38-41(39-52-54(48,49)51-37-36-44(3,4)5)53-43(47)35-31-27-23-25-29-33-40(45)32-28-24-21-13-11-9-7-2/h21,24,28,32,40-41,45H,6-20,22-23,25-27,29-31,33-39H2,1-5H3/b24-21-,32-28+. The number of carbonyl (C=O) groups is 2. The summed E-state index contributed by atoms with van der Waals surface area (Å²) in [6.45, 7) is 4.08. The summed E-state index contributed by atoms with van der Waals surface area (Å²) in [7, 11) is 1.11. The molecular weight excluding hydrogens is 705 g/mol. The van der Waals surface area contributed by atoms with Crippen LogP contribution in [-0.4, -0.2) is 81.2 Å². The van der Waals surface area contributed by atoms with E-state index in [1.165, 1.54) is 89.9 Å². The second-order valence-corrected chi connectivity index (χ2v) is 17.3. The van der Waals surface area contributed by atoms with Crippen molar-refractivity contribution < 1.29 is 47.2 Å². The average molecular weight is 788 g/mol. The van der Waals surface area contributed by atoms with E-state index in [-0.39, 0.29) is 26.1 Å². The van der Waals surface area contributed by atoms with E-state index in [0.717, 1.165) is 51.4 Å². The van der Waals surface area contributed by atoms with Gasteiger partial charge in [-0.25, -0.2) is 0 Å². The lowest BCUT2D eigenvalue weighted by Crippen LogP contribution is -2.37. The largest absolute Gasteiger partial charge is 0.756 e. The molecule has 54 heavy (non-hydrogen) atoms. The number of phosphoric ester groups is 1. The smallest absolute Gasteiger partial charge is 0.306 e. The maximum Gasteiger partial charge on any atom is 0.306 e. The molecule has 318 valence electrons. The van der Waals surface area contributed by atoms with Gasteiger partial charge in [0.2, 0.25) is 0 Å². The lowest BCUT2D eigenvalue weighted by atomic mass is 10.0. The molecule has 0 saturated heterocycles. The highest BCUT2D eigenvalue weighted by Gasteiger charge is 2.21. The van der Waals surface area contributed by atoms with Gasteiger partial charge < -0.3 is 33.0 Å². The number of quaternary nitrogens is 1. The minimum atomic E-state index is -4.64. The lowest BCUT2D eigenvalue weighted by Gasteiger charge is -2.28. The molecule has 0 aliphatic carbocycles. The van der Waals surface area contributed by atoms with Crippen molar-refractivity contribution in [3.8, 4) is 0 Å². The first-order valence-electron chi connectivity index (χ1n) is 21.7. The third-order valence-corrected chi connectivity index (χ3v) is 10.3. The van der Waals surface area contributed by atoms with Gasteiger partial charge in [-0.3, -0.25) is 14.2 Å². The van der Waals surface area contributed by atoms with Crippen LogP contribution >= 0.6 is 7.82 Å². The van der Waals surface area contributed by atoms with Gasteiger partial charge in [0.25, 0.3) is 7.82 Å². The zero-order valence-electron chi connectivity index (χ0n) is 35.3. The topological polar surface area (TPSA) is 131 Å². The second kappa shape index (κ2) is 35.8. The molecule has 3 unspecified atom stereocenters. The third kappa shape index (κ3) is 38.7. The number of ether oxygens (including phenoxy) is 2. The molecule has 0 radical (unpaired) electrons. The summed E-state index contributed by atoms with van der Waals surface area (Å²) in [5, 5.41) is 10.2. The van der Waals surface area contributed by atoms with Crippen LogP contribution < -0.4 is 4.89 Å². The van der Waals surface area contributed by atoms with E-state index in [1.54, 1.807) is 0 Å². The highest BCUT2D eigenvalue weighted by Crippen LogP contribution is 2.38. The van der Waals surface area contributed by atoms with Crippen LogP contribution in [0, 0.1) is 0 Å². The molecule has 0 amide bonds. The van der Waals surface area contributed by atoms with Crippen molar-refractivity contribution in [3.63, 3.8) is 0 Å². The fraction of sp³-hybridized carbons (Fsp3) is 0.860. The van der Waals surface area contributed by atoms with Crippen LogP contribution in [0.5, 0.6) is 0 Å². The molecule has 10 nitrogen and oxygen atoms in total. The quantitative estimate of drug-likeness (QED) is 0.0213. The van der Waals surface area contributed by atoms with Crippen molar-refractivity contribution in [1.82, 2.24) is 0 Å². The van der Waals surface area contributed by atoms with Gasteiger partial charge in [-0.2, -0.15) is 0 Å². The van der Waals surface area contributed by atoms with Gasteiger partial charge >= 0.3 is 11.9 Å². The Morgan fingerprint density at radius 2 is 1.17 bits per heavy atom. The summed E-state index contributed by atoms with van der Waals surface area (Å²) in [6.07, 6.45) is 33.6. The van der Waals surface area contributed by atoms with Crippen molar-refractivity contribution in [2.75, 3.05) is 47.5 Å². The first-order valence-corrected chi connectivity index (χ1v) is 23.1. The van der Waals surface area contributed by atoms with E-state index in [0.29, 0.717) is 23.9 Å². The maximum absolute atomic E-state index is 12.7. The number of likely N-dealkylation sites (N-methyl/N-ethyl adjacent to an activating group) is 1. The maximum atomic E-state index is 12.7. The summed E-state index contributed by atoms with van der Waals surface area (Å²) in [5.74, 6) is -0.902. The molecule has 0 aromatic rings. The van der Waals surface area contributed by atoms with E-state index < -0.39 is 38.6 Å². The Bertz CT molecular complexity index is 998.